The maximum absolute atomic E-state index is 13.7. The first-order chi connectivity index (χ1) is 18.3. The third-order valence-corrected chi connectivity index (χ3v) is 6.12. The average Bonchev–Trinajstić information content (AvgIpc) is 2.92. The van der Waals surface area contributed by atoms with Crippen LogP contribution in [0.15, 0.2) is 72.8 Å². The number of amides is 2. The molecule has 0 saturated carbocycles. The fourth-order valence-corrected chi connectivity index (χ4v) is 4.11. The lowest BCUT2D eigenvalue weighted by molar-refractivity contribution is -0.142. The van der Waals surface area contributed by atoms with Crippen molar-refractivity contribution in [1.29, 1.82) is 0 Å². The number of nitrogens with zero attached hydrogens (tertiary/aromatic N) is 1. The number of hydrogen-bond acceptors (Lipinski definition) is 5. The summed E-state index contributed by atoms with van der Waals surface area (Å²) in [6.07, 6.45) is 0.351. The van der Waals surface area contributed by atoms with Gasteiger partial charge in [0, 0.05) is 42.7 Å². The lowest BCUT2D eigenvalue weighted by Gasteiger charge is -2.31. The maximum Gasteiger partial charge on any atom is 0.261 e. The van der Waals surface area contributed by atoms with E-state index in [1.165, 1.54) is 0 Å². The molecule has 8 heteroatoms. The van der Waals surface area contributed by atoms with Crippen LogP contribution in [0, 0.1) is 5.92 Å². The van der Waals surface area contributed by atoms with E-state index in [2.05, 4.69) is 5.32 Å². The summed E-state index contributed by atoms with van der Waals surface area (Å²) in [4.78, 5) is 28.8. The molecule has 0 saturated heterocycles. The van der Waals surface area contributed by atoms with Crippen molar-refractivity contribution in [2.75, 3.05) is 27.4 Å². The summed E-state index contributed by atoms with van der Waals surface area (Å²) in [7, 11) is 3.08. The van der Waals surface area contributed by atoms with Crippen LogP contribution in [0.25, 0.3) is 0 Å². The molecular weight excluding hydrogens is 504 g/mol. The zero-order chi connectivity index (χ0) is 27.5. The van der Waals surface area contributed by atoms with Crippen molar-refractivity contribution in [3.8, 4) is 17.2 Å². The molecule has 1 N–H and O–H groups in total. The minimum absolute atomic E-state index is 0.191. The predicted molar refractivity (Wildman–Crippen MR) is 149 cm³/mol. The molecule has 0 fully saturated rings. The Kier molecular flexibility index (Phi) is 10.8. The summed E-state index contributed by atoms with van der Waals surface area (Å²) in [6, 6.07) is 21.2. The highest BCUT2D eigenvalue weighted by Gasteiger charge is 2.31. The van der Waals surface area contributed by atoms with Crippen molar-refractivity contribution in [2.24, 2.45) is 5.92 Å². The Bertz CT molecular complexity index is 1180. The largest absolute Gasteiger partial charge is 0.496 e. The van der Waals surface area contributed by atoms with Crippen LogP contribution in [-0.4, -0.2) is 50.1 Å². The molecule has 0 aliphatic heterocycles. The van der Waals surface area contributed by atoms with E-state index in [0.29, 0.717) is 35.2 Å². The van der Waals surface area contributed by atoms with E-state index in [9.17, 15) is 9.59 Å². The number of benzene rings is 3. The van der Waals surface area contributed by atoms with Crippen molar-refractivity contribution >= 4 is 23.4 Å². The summed E-state index contributed by atoms with van der Waals surface area (Å²) in [5.74, 6) is 1.20. The Morgan fingerprint density at radius 3 is 2.11 bits per heavy atom. The van der Waals surface area contributed by atoms with Crippen LogP contribution < -0.4 is 19.5 Å². The first-order valence-corrected chi connectivity index (χ1v) is 12.9. The number of rotatable bonds is 13. The van der Waals surface area contributed by atoms with E-state index >= 15 is 0 Å². The van der Waals surface area contributed by atoms with Gasteiger partial charge in [-0.3, -0.25) is 9.59 Å². The number of carbonyl (C=O) groups excluding carboxylic acids is 2. The van der Waals surface area contributed by atoms with Crippen molar-refractivity contribution in [3.05, 3.63) is 88.9 Å². The summed E-state index contributed by atoms with van der Waals surface area (Å²) in [5.41, 5.74) is 1.75. The predicted octanol–water partition coefficient (Wildman–Crippen LogP) is 5.15. The highest BCUT2D eigenvalue weighted by Crippen LogP contribution is 2.27. The zero-order valence-corrected chi connectivity index (χ0v) is 23.0. The van der Waals surface area contributed by atoms with Crippen LogP contribution in [0.2, 0.25) is 5.02 Å². The number of ether oxygens (including phenoxy) is 3. The molecular formula is C30H35ClN2O5. The summed E-state index contributed by atoms with van der Waals surface area (Å²) in [6.45, 7) is 4.47. The number of carbonyl (C=O) groups is 2. The van der Waals surface area contributed by atoms with Crippen LogP contribution in [0.3, 0.4) is 0 Å². The highest BCUT2D eigenvalue weighted by atomic mass is 35.5. The average molecular weight is 539 g/mol. The lowest BCUT2D eigenvalue weighted by Crippen LogP contribution is -2.52. The molecule has 0 radical (unpaired) electrons. The fraction of sp³-hybridized carbons (Fsp3) is 0.333. The first-order valence-electron chi connectivity index (χ1n) is 12.5. The molecule has 0 heterocycles. The van der Waals surface area contributed by atoms with Crippen LogP contribution in [0.4, 0.5) is 0 Å². The molecule has 0 aliphatic rings. The van der Waals surface area contributed by atoms with E-state index in [-0.39, 0.29) is 30.9 Å². The molecule has 0 bridgehead atoms. The maximum atomic E-state index is 13.7. The monoisotopic (exact) mass is 538 g/mol. The molecule has 2 amide bonds. The van der Waals surface area contributed by atoms with Crippen LogP contribution in [-0.2, 0) is 22.6 Å². The normalized spacial score (nSPS) is 11.5. The van der Waals surface area contributed by atoms with E-state index in [1.807, 2.05) is 56.3 Å². The van der Waals surface area contributed by atoms with E-state index in [4.69, 9.17) is 25.8 Å². The second kappa shape index (κ2) is 14.3. The molecule has 1 atom stereocenters. The van der Waals surface area contributed by atoms with E-state index in [0.717, 1.165) is 11.1 Å². The van der Waals surface area contributed by atoms with E-state index < -0.39 is 6.04 Å². The molecule has 3 aromatic carbocycles. The summed E-state index contributed by atoms with van der Waals surface area (Å²) >= 11 is 6.23. The quantitative estimate of drug-likeness (QED) is 0.326. The fourth-order valence-electron chi connectivity index (χ4n) is 3.90. The van der Waals surface area contributed by atoms with Gasteiger partial charge < -0.3 is 24.4 Å². The van der Waals surface area contributed by atoms with E-state index in [1.54, 1.807) is 49.5 Å². The van der Waals surface area contributed by atoms with Gasteiger partial charge in [0.05, 0.1) is 14.2 Å². The standard InChI is InChI=1S/C30H35ClN2O5/c1-21(2)18-32-30(35)28(14-22-9-6-5-7-10-22)33(19-23-11-8-12-24(31)13-23)29(34)20-38-27-16-25(36-3)15-26(17-27)37-4/h5-13,15-17,21,28H,14,18-20H2,1-4H3,(H,32,35). The SMILES string of the molecule is COc1cc(OC)cc(OCC(=O)N(Cc2cccc(Cl)c2)C(Cc2ccccc2)C(=O)NCC(C)C)c1. The van der Waals surface area contributed by atoms with Gasteiger partial charge in [-0.2, -0.15) is 0 Å². The lowest BCUT2D eigenvalue weighted by atomic mass is 10.0. The molecule has 38 heavy (non-hydrogen) atoms. The van der Waals surface area contributed by atoms with Gasteiger partial charge in [0.15, 0.2) is 6.61 Å². The second-order valence-electron chi connectivity index (χ2n) is 9.33. The minimum atomic E-state index is -0.758. The first kappa shape index (κ1) is 28.9. The van der Waals surface area contributed by atoms with Gasteiger partial charge in [-0.25, -0.2) is 0 Å². The van der Waals surface area contributed by atoms with Gasteiger partial charge in [-0.05, 0) is 29.2 Å². The van der Waals surface area contributed by atoms with Crippen LogP contribution in [0.5, 0.6) is 17.2 Å². The van der Waals surface area contributed by atoms with Crippen molar-refractivity contribution in [1.82, 2.24) is 10.2 Å². The van der Waals surface area contributed by atoms with Crippen molar-refractivity contribution < 1.29 is 23.8 Å². The number of hydrogen-bond donors (Lipinski definition) is 1. The molecule has 1 unspecified atom stereocenters. The van der Waals surface area contributed by atoms with Gasteiger partial charge >= 0.3 is 0 Å². The third kappa shape index (κ3) is 8.70. The molecule has 3 rings (SSSR count). The molecule has 3 aromatic rings. The van der Waals surface area contributed by atoms with Gasteiger partial charge in [0.2, 0.25) is 5.91 Å². The Morgan fingerprint density at radius 2 is 1.50 bits per heavy atom. The van der Waals surface area contributed by atoms with Crippen molar-refractivity contribution in [2.45, 2.75) is 32.9 Å². The molecule has 202 valence electrons. The Balaban J connectivity index is 1.91. The molecule has 0 aromatic heterocycles. The minimum Gasteiger partial charge on any atom is -0.496 e. The second-order valence-corrected chi connectivity index (χ2v) is 9.77. The number of halogens is 1. The molecule has 0 spiro atoms. The van der Waals surface area contributed by atoms with Gasteiger partial charge in [-0.15, -0.1) is 0 Å². The zero-order valence-electron chi connectivity index (χ0n) is 22.3. The molecule has 7 nitrogen and oxygen atoms in total. The highest BCUT2D eigenvalue weighted by molar-refractivity contribution is 6.30. The van der Waals surface area contributed by atoms with Crippen molar-refractivity contribution in [3.63, 3.8) is 0 Å². The summed E-state index contributed by atoms with van der Waals surface area (Å²) in [5, 5.41) is 3.56. The van der Waals surface area contributed by atoms with Crippen LogP contribution in [0.1, 0.15) is 25.0 Å². The molecule has 0 aliphatic carbocycles. The smallest absolute Gasteiger partial charge is 0.261 e. The Labute approximate surface area is 229 Å². The van der Waals surface area contributed by atoms with Gasteiger partial charge in [0.25, 0.3) is 5.91 Å². The van der Waals surface area contributed by atoms with Gasteiger partial charge in [-0.1, -0.05) is 67.9 Å². The number of nitrogens with one attached hydrogen (secondary N) is 1. The Morgan fingerprint density at radius 1 is 0.868 bits per heavy atom. The van der Waals surface area contributed by atoms with Gasteiger partial charge in [0.1, 0.15) is 23.3 Å². The Hall–Kier alpha value is -3.71. The van der Waals surface area contributed by atoms with Crippen LogP contribution >= 0.6 is 11.6 Å². The third-order valence-electron chi connectivity index (χ3n) is 5.88. The number of methoxy groups -OCH3 is 2. The topological polar surface area (TPSA) is 77.1 Å². The summed E-state index contributed by atoms with van der Waals surface area (Å²) < 4.78 is 16.5.